The van der Waals surface area contributed by atoms with Gasteiger partial charge in [-0.05, 0) is 36.7 Å². The first kappa shape index (κ1) is 23.8. The molecule has 2 rings (SSSR count). The number of nitrogens with zero attached hydrogens (tertiary/aromatic N) is 1. The molecule has 0 radical (unpaired) electrons. The van der Waals surface area contributed by atoms with E-state index in [1.54, 1.807) is 17.0 Å². The Kier molecular flexibility index (Phi) is 9.89. The lowest BCUT2D eigenvalue weighted by atomic mass is 10.1. The predicted octanol–water partition coefficient (Wildman–Crippen LogP) is 2.56. The van der Waals surface area contributed by atoms with Gasteiger partial charge in [0.05, 0.1) is 4.90 Å². The largest absolute Gasteiger partial charge is 0.334 e. The SMILES string of the molecule is C=CCNS(=O)(=O)c1cccc(C(=O)N(CCCN)Cc2ccccc2)c1.Cl. The van der Waals surface area contributed by atoms with Crippen molar-refractivity contribution in [1.29, 1.82) is 0 Å². The highest BCUT2D eigenvalue weighted by atomic mass is 35.5. The normalized spacial score (nSPS) is 10.8. The van der Waals surface area contributed by atoms with E-state index < -0.39 is 10.0 Å². The van der Waals surface area contributed by atoms with Crippen LogP contribution in [-0.4, -0.2) is 38.9 Å². The molecule has 152 valence electrons. The van der Waals surface area contributed by atoms with E-state index in [-0.39, 0.29) is 29.8 Å². The van der Waals surface area contributed by atoms with E-state index >= 15 is 0 Å². The molecule has 0 aliphatic carbocycles. The van der Waals surface area contributed by atoms with E-state index in [1.165, 1.54) is 18.2 Å². The van der Waals surface area contributed by atoms with E-state index in [4.69, 9.17) is 5.73 Å². The molecule has 28 heavy (non-hydrogen) atoms. The first-order valence-corrected chi connectivity index (χ1v) is 10.2. The molecule has 0 aliphatic heterocycles. The summed E-state index contributed by atoms with van der Waals surface area (Å²) in [5.41, 5.74) is 6.93. The number of nitrogens with one attached hydrogen (secondary N) is 1. The van der Waals surface area contributed by atoms with Crippen LogP contribution in [0, 0.1) is 0 Å². The van der Waals surface area contributed by atoms with Gasteiger partial charge < -0.3 is 10.6 Å². The van der Waals surface area contributed by atoms with Crippen molar-refractivity contribution in [2.75, 3.05) is 19.6 Å². The van der Waals surface area contributed by atoms with Crippen LogP contribution in [0.3, 0.4) is 0 Å². The number of hydrogen-bond acceptors (Lipinski definition) is 4. The second-order valence-electron chi connectivity index (χ2n) is 6.02. The summed E-state index contributed by atoms with van der Waals surface area (Å²) >= 11 is 0. The number of benzene rings is 2. The molecule has 0 bridgehead atoms. The topological polar surface area (TPSA) is 92.5 Å². The van der Waals surface area contributed by atoms with E-state index in [9.17, 15) is 13.2 Å². The van der Waals surface area contributed by atoms with Gasteiger partial charge in [-0.25, -0.2) is 13.1 Å². The predicted molar refractivity (Wildman–Crippen MR) is 114 cm³/mol. The molecule has 2 aromatic carbocycles. The molecule has 8 heteroatoms. The first-order chi connectivity index (χ1) is 13.0. The van der Waals surface area contributed by atoms with Crippen molar-refractivity contribution in [3.8, 4) is 0 Å². The lowest BCUT2D eigenvalue weighted by Crippen LogP contribution is -2.33. The van der Waals surface area contributed by atoms with Crippen molar-refractivity contribution in [1.82, 2.24) is 9.62 Å². The molecule has 0 spiro atoms. The number of sulfonamides is 1. The van der Waals surface area contributed by atoms with Crippen LogP contribution < -0.4 is 10.5 Å². The summed E-state index contributed by atoms with van der Waals surface area (Å²) in [7, 11) is -3.69. The van der Waals surface area contributed by atoms with E-state index in [0.29, 0.717) is 31.6 Å². The monoisotopic (exact) mass is 423 g/mol. The Labute approximate surface area is 172 Å². The Balaban J connectivity index is 0.00000392. The van der Waals surface area contributed by atoms with Crippen LogP contribution in [0.2, 0.25) is 0 Å². The van der Waals surface area contributed by atoms with Gasteiger partial charge in [-0.2, -0.15) is 0 Å². The number of halogens is 1. The maximum atomic E-state index is 13.0. The van der Waals surface area contributed by atoms with Gasteiger partial charge in [0.1, 0.15) is 0 Å². The highest BCUT2D eigenvalue weighted by Gasteiger charge is 2.19. The fourth-order valence-corrected chi connectivity index (χ4v) is 3.61. The number of amides is 1. The smallest absolute Gasteiger partial charge is 0.254 e. The highest BCUT2D eigenvalue weighted by Crippen LogP contribution is 2.15. The molecule has 0 aromatic heterocycles. The third-order valence-electron chi connectivity index (χ3n) is 3.94. The van der Waals surface area contributed by atoms with Crippen molar-refractivity contribution >= 4 is 28.3 Å². The lowest BCUT2D eigenvalue weighted by molar-refractivity contribution is 0.0742. The number of hydrogen-bond donors (Lipinski definition) is 2. The quantitative estimate of drug-likeness (QED) is 0.574. The second-order valence-corrected chi connectivity index (χ2v) is 7.79. The van der Waals surface area contributed by atoms with Crippen molar-refractivity contribution in [2.45, 2.75) is 17.9 Å². The van der Waals surface area contributed by atoms with Crippen molar-refractivity contribution in [3.63, 3.8) is 0 Å². The average molecular weight is 424 g/mol. The van der Waals surface area contributed by atoms with E-state index in [1.807, 2.05) is 30.3 Å². The van der Waals surface area contributed by atoms with Crippen LogP contribution in [0.5, 0.6) is 0 Å². The van der Waals surface area contributed by atoms with Crippen LogP contribution in [0.1, 0.15) is 22.3 Å². The number of rotatable bonds is 10. The Morgan fingerprint density at radius 1 is 1.14 bits per heavy atom. The molecule has 0 saturated carbocycles. The maximum absolute atomic E-state index is 13.0. The van der Waals surface area contributed by atoms with Gasteiger partial charge in [0.25, 0.3) is 5.91 Å². The minimum Gasteiger partial charge on any atom is -0.334 e. The van der Waals surface area contributed by atoms with Gasteiger partial charge in [0, 0.05) is 25.2 Å². The molecule has 2 aromatic rings. The Hall–Kier alpha value is -2.19. The minimum absolute atomic E-state index is 0. The third kappa shape index (κ3) is 6.76. The van der Waals surface area contributed by atoms with Crippen molar-refractivity contribution in [2.24, 2.45) is 5.73 Å². The molecular weight excluding hydrogens is 398 g/mol. The van der Waals surface area contributed by atoms with Crippen LogP contribution in [0.15, 0.2) is 72.1 Å². The van der Waals surface area contributed by atoms with E-state index in [2.05, 4.69) is 11.3 Å². The first-order valence-electron chi connectivity index (χ1n) is 8.72. The zero-order valence-electron chi connectivity index (χ0n) is 15.6. The van der Waals surface area contributed by atoms with Gasteiger partial charge in [0.15, 0.2) is 0 Å². The molecule has 0 saturated heterocycles. The van der Waals surface area contributed by atoms with Gasteiger partial charge in [0.2, 0.25) is 10.0 Å². The number of carbonyl (C=O) groups is 1. The minimum atomic E-state index is -3.69. The highest BCUT2D eigenvalue weighted by molar-refractivity contribution is 7.89. The summed E-state index contributed by atoms with van der Waals surface area (Å²) in [5.74, 6) is -0.229. The molecule has 0 fully saturated rings. The maximum Gasteiger partial charge on any atom is 0.254 e. The number of carbonyl (C=O) groups excluding carboxylic acids is 1. The molecule has 0 unspecified atom stereocenters. The van der Waals surface area contributed by atoms with Crippen molar-refractivity contribution < 1.29 is 13.2 Å². The fourth-order valence-electron chi connectivity index (χ4n) is 2.57. The molecule has 6 nitrogen and oxygen atoms in total. The number of nitrogens with two attached hydrogens (primary N) is 1. The van der Waals surface area contributed by atoms with Gasteiger partial charge in [-0.3, -0.25) is 4.79 Å². The van der Waals surface area contributed by atoms with Crippen molar-refractivity contribution in [3.05, 3.63) is 78.4 Å². The Bertz CT molecular complexity index is 873. The second kappa shape index (κ2) is 11.6. The Morgan fingerprint density at radius 3 is 2.50 bits per heavy atom. The Morgan fingerprint density at radius 2 is 1.86 bits per heavy atom. The molecule has 0 aliphatic rings. The van der Waals surface area contributed by atoms with E-state index in [0.717, 1.165) is 5.56 Å². The van der Waals surface area contributed by atoms with Crippen LogP contribution >= 0.6 is 12.4 Å². The zero-order chi connectivity index (χ0) is 19.7. The molecule has 3 N–H and O–H groups in total. The van der Waals surface area contributed by atoms with Crippen LogP contribution in [-0.2, 0) is 16.6 Å². The summed E-state index contributed by atoms with van der Waals surface area (Å²) < 4.78 is 27.0. The molecule has 0 heterocycles. The van der Waals surface area contributed by atoms with Gasteiger partial charge in [-0.15, -0.1) is 19.0 Å². The van der Waals surface area contributed by atoms with Gasteiger partial charge >= 0.3 is 0 Å². The molecule has 0 atom stereocenters. The summed E-state index contributed by atoms with van der Waals surface area (Å²) in [6.07, 6.45) is 2.12. The average Bonchev–Trinajstić information content (AvgIpc) is 2.70. The lowest BCUT2D eigenvalue weighted by Gasteiger charge is -2.23. The standard InChI is InChI=1S/C20H25N3O3S.ClH/c1-2-13-22-27(25,26)19-11-6-10-18(15-19)20(24)23(14-7-12-21)16-17-8-4-3-5-9-17;/h2-6,8-11,15,22H,1,7,12-14,16,21H2;1H. The fraction of sp³-hybridized carbons (Fsp3) is 0.250. The molecular formula is C20H26ClN3O3S. The van der Waals surface area contributed by atoms with Crippen LogP contribution in [0.4, 0.5) is 0 Å². The third-order valence-corrected chi connectivity index (χ3v) is 5.37. The zero-order valence-corrected chi connectivity index (χ0v) is 17.2. The van der Waals surface area contributed by atoms with Crippen LogP contribution in [0.25, 0.3) is 0 Å². The summed E-state index contributed by atoms with van der Waals surface area (Å²) in [6, 6.07) is 15.7. The molecule has 1 amide bonds. The summed E-state index contributed by atoms with van der Waals surface area (Å²) in [6.45, 7) is 5.02. The summed E-state index contributed by atoms with van der Waals surface area (Å²) in [5, 5.41) is 0. The van der Waals surface area contributed by atoms with Gasteiger partial charge in [-0.1, -0.05) is 42.5 Å². The summed E-state index contributed by atoms with van der Waals surface area (Å²) in [4.78, 5) is 14.7.